The predicted octanol–water partition coefficient (Wildman–Crippen LogP) is 2.54. The van der Waals surface area contributed by atoms with Gasteiger partial charge in [0.25, 0.3) is 5.56 Å². The number of aromatic amines is 1. The van der Waals surface area contributed by atoms with Crippen LogP contribution in [0.3, 0.4) is 0 Å². The second-order valence-corrected chi connectivity index (χ2v) is 8.35. The van der Waals surface area contributed by atoms with Crippen LogP contribution in [0.1, 0.15) is 16.2 Å². The molecular weight excluding hydrogens is 474 g/mol. The zero-order valence-corrected chi connectivity index (χ0v) is 19.8. The van der Waals surface area contributed by atoms with Gasteiger partial charge in [0.1, 0.15) is 5.69 Å². The number of methoxy groups -OCH3 is 1. The maximum atomic E-state index is 13.4. The lowest BCUT2D eigenvalue weighted by atomic mass is 10.2. The van der Waals surface area contributed by atoms with E-state index >= 15 is 0 Å². The first-order valence-corrected chi connectivity index (χ1v) is 10.9. The fourth-order valence-electron chi connectivity index (χ4n) is 3.95. The minimum absolute atomic E-state index is 0.0410. The average molecular weight is 494 g/mol. The van der Waals surface area contributed by atoms with Crippen molar-refractivity contribution >= 4 is 51.3 Å². The van der Waals surface area contributed by atoms with Gasteiger partial charge >= 0.3 is 11.7 Å². The number of carbonyl (C=O) groups is 1. The van der Waals surface area contributed by atoms with Crippen molar-refractivity contribution in [3.05, 3.63) is 79.8 Å². The number of rotatable bonds is 5. The summed E-state index contributed by atoms with van der Waals surface area (Å²) in [4.78, 5) is 49.8. The number of carbonyl (C=O) groups excluding carboxylic acids is 1. The molecule has 2 N–H and O–H groups in total. The molecule has 0 aliphatic heterocycles. The quantitative estimate of drug-likeness (QED) is 0.360. The molecule has 0 amide bonds. The molecule has 0 bridgehead atoms. The van der Waals surface area contributed by atoms with Crippen molar-refractivity contribution in [2.45, 2.75) is 6.54 Å². The maximum Gasteiger partial charge on any atom is 0.356 e. The molecule has 0 radical (unpaired) electrons. The molecular formula is C23H20ClN7O4. The molecule has 0 spiro atoms. The summed E-state index contributed by atoms with van der Waals surface area (Å²) in [6.07, 6.45) is 1.45. The van der Waals surface area contributed by atoms with Crippen LogP contribution in [0, 0.1) is 0 Å². The van der Waals surface area contributed by atoms with E-state index in [2.05, 4.69) is 25.0 Å². The van der Waals surface area contributed by atoms with Crippen molar-refractivity contribution in [1.29, 1.82) is 0 Å². The molecule has 4 heterocycles. The molecule has 11 nitrogen and oxygen atoms in total. The third kappa shape index (κ3) is 3.75. The summed E-state index contributed by atoms with van der Waals surface area (Å²) in [6, 6.07) is 10.4. The molecule has 5 aromatic rings. The molecule has 0 saturated carbocycles. The van der Waals surface area contributed by atoms with Crippen LogP contribution < -0.4 is 16.6 Å². The number of ether oxygens (including phenoxy) is 1. The number of aryl methyl sites for hydroxylation is 2. The molecule has 35 heavy (non-hydrogen) atoms. The maximum absolute atomic E-state index is 13.4. The van der Waals surface area contributed by atoms with E-state index in [9.17, 15) is 14.4 Å². The Kier molecular flexibility index (Phi) is 5.40. The number of pyridine rings is 1. The van der Waals surface area contributed by atoms with Gasteiger partial charge in [0.15, 0.2) is 11.2 Å². The number of benzene rings is 1. The van der Waals surface area contributed by atoms with E-state index < -0.39 is 17.2 Å². The lowest BCUT2D eigenvalue weighted by molar-refractivity contribution is 0.0594. The van der Waals surface area contributed by atoms with Crippen molar-refractivity contribution < 1.29 is 9.53 Å². The summed E-state index contributed by atoms with van der Waals surface area (Å²) in [5, 5.41) is 4.46. The molecule has 0 saturated heterocycles. The molecule has 178 valence electrons. The van der Waals surface area contributed by atoms with Crippen LogP contribution in [0.15, 0.2) is 52.2 Å². The van der Waals surface area contributed by atoms with Crippen molar-refractivity contribution in [1.82, 2.24) is 28.7 Å². The van der Waals surface area contributed by atoms with Crippen LogP contribution in [0.5, 0.6) is 0 Å². The minimum Gasteiger partial charge on any atom is -0.464 e. The number of halogens is 1. The Balaban J connectivity index is 1.55. The largest absolute Gasteiger partial charge is 0.464 e. The summed E-state index contributed by atoms with van der Waals surface area (Å²) in [7, 11) is 4.51. The van der Waals surface area contributed by atoms with Crippen molar-refractivity contribution in [2.24, 2.45) is 14.1 Å². The third-order valence-corrected chi connectivity index (χ3v) is 6.10. The summed E-state index contributed by atoms with van der Waals surface area (Å²) < 4.78 is 8.71. The molecule has 0 aliphatic rings. The highest BCUT2D eigenvalue weighted by molar-refractivity contribution is 6.35. The standard InChI is InChI=1S/C23H20ClN7O4/c1-29-18-19(28-22(29)27-12-7-8-17(25-10-12)21(33)35-3)30(2)23(34)31(20(18)32)11-13-9-14-15(24)5-4-6-16(14)26-13/h4-10,26H,11H2,1-3H3,(H,27,28). The normalized spacial score (nSPS) is 11.3. The number of nitrogens with one attached hydrogen (secondary N) is 2. The number of nitrogens with zero attached hydrogens (tertiary/aromatic N) is 5. The monoisotopic (exact) mass is 493 g/mol. The van der Waals surface area contributed by atoms with Gasteiger partial charge in [0.2, 0.25) is 5.95 Å². The lowest BCUT2D eigenvalue weighted by Crippen LogP contribution is -2.39. The highest BCUT2D eigenvalue weighted by Gasteiger charge is 2.19. The van der Waals surface area contributed by atoms with Crippen LogP contribution in [0.4, 0.5) is 11.6 Å². The van der Waals surface area contributed by atoms with Crippen molar-refractivity contribution in [2.75, 3.05) is 12.4 Å². The van der Waals surface area contributed by atoms with Gasteiger partial charge in [-0.1, -0.05) is 17.7 Å². The molecule has 0 atom stereocenters. The Morgan fingerprint density at radius 2 is 1.97 bits per heavy atom. The smallest absolute Gasteiger partial charge is 0.356 e. The van der Waals surface area contributed by atoms with Gasteiger partial charge in [0, 0.05) is 35.7 Å². The van der Waals surface area contributed by atoms with E-state index in [1.165, 1.54) is 23.9 Å². The van der Waals surface area contributed by atoms with Crippen LogP contribution in [-0.4, -0.2) is 41.7 Å². The van der Waals surface area contributed by atoms with E-state index in [0.717, 1.165) is 15.5 Å². The number of H-pyrrole nitrogens is 1. The fourth-order valence-corrected chi connectivity index (χ4v) is 4.18. The van der Waals surface area contributed by atoms with Gasteiger partial charge in [-0.2, -0.15) is 4.98 Å². The van der Waals surface area contributed by atoms with Crippen molar-refractivity contribution in [3.8, 4) is 0 Å². The predicted molar refractivity (Wildman–Crippen MR) is 131 cm³/mol. The molecule has 0 unspecified atom stereocenters. The topological polar surface area (TPSA) is 129 Å². The first-order valence-electron chi connectivity index (χ1n) is 10.5. The van der Waals surface area contributed by atoms with E-state index in [1.54, 1.807) is 30.8 Å². The number of imidazole rings is 1. The SMILES string of the molecule is COC(=O)c1ccc(Nc2nc3c(c(=O)n(Cc4cc5c(Cl)cccc5[nH]4)c(=O)n3C)n2C)cn1. The van der Waals surface area contributed by atoms with E-state index in [1.807, 2.05) is 18.2 Å². The van der Waals surface area contributed by atoms with Crippen LogP contribution >= 0.6 is 11.6 Å². The zero-order valence-electron chi connectivity index (χ0n) is 19.0. The summed E-state index contributed by atoms with van der Waals surface area (Å²) >= 11 is 6.26. The molecule has 0 fully saturated rings. The van der Waals surface area contributed by atoms with Crippen LogP contribution in [0.2, 0.25) is 5.02 Å². The highest BCUT2D eigenvalue weighted by atomic mass is 35.5. The van der Waals surface area contributed by atoms with Crippen LogP contribution in [-0.2, 0) is 25.4 Å². The number of anilines is 2. The second-order valence-electron chi connectivity index (χ2n) is 7.94. The van der Waals surface area contributed by atoms with Gasteiger partial charge in [-0.05, 0) is 30.3 Å². The Bertz CT molecular complexity index is 1730. The molecule has 12 heteroatoms. The first-order chi connectivity index (χ1) is 16.8. The summed E-state index contributed by atoms with van der Waals surface area (Å²) in [5.41, 5.74) is 1.70. The van der Waals surface area contributed by atoms with Gasteiger partial charge in [-0.3, -0.25) is 13.9 Å². The number of hydrogen-bond donors (Lipinski definition) is 2. The zero-order chi connectivity index (χ0) is 24.9. The Hall–Kier alpha value is -4.38. The third-order valence-electron chi connectivity index (χ3n) is 5.77. The van der Waals surface area contributed by atoms with E-state index in [0.29, 0.717) is 22.4 Å². The number of aromatic nitrogens is 6. The Labute approximate surface area is 202 Å². The van der Waals surface area contributed by atoms with E-state index in [4.69, 9.17) is 11.6 Å². The average Bonchev–Trinajstić information content (AvgIpc) is 3.42. The minimum atomic E-state index is -0.549. The number of hydrogen-bond acceptors (Lipinski definition) is 7. The number of fused-ring (bicyclic) bond motifs is 2. The van der Waals surface area contributed by atoms with Gasteiger partial charge in [-0.15, -0.1) is 0 Å². The van der Waals surface area contributed by atoms with Gasteiger partial charge < -0.3 is 19.6 Å². The molecule has 4 aromatic heterocycles. The van der Waals surface area contributed by atoms with Crippen LogP contribution in [0.25, 0.3) is 22.1 Å². The summed E-state index contributed by atoms with van der Waals surface area (Å²) in [5.74, 6) is -0.220. The van der Waals surface area contributed by atoms with E-state index in [-0.39, 0.29) is 23.4 Å². The van der Waals surface area contributed by atoms with Gasteiger partial charge in [-0.25, -0.2) is 14.6 Å². The molecule has 1 aromatic carbocycles. The fraction of sp³-hybridized carbons (Fsp3) is 0.174. The Morgan fingerprint density at radius 1 is 1.17 bits per heavy atom. The Morgan fingerprint density at radius 3 is 2.66 bits per heavy atom. The first kappa shape index (κ1) is 22.4. The highest BCUT2D eigenvalue weighted by Crippen LogP contribution is 2.24. The lowest BCUT2D eigenvalue weighted by Gasteiger charge is -2.08. The van der Waals surface area contributed by atoms with Crippen molar-refractivity contribution in [3.63, 3.8) is 0 Å². The van der Waals surface area contributed by atoms with Gasteiger partial charge in [0.05, 0.1) is 25.5 Å². The second kappa shape index (κ2) is 8.44. The molecule has 0 aliphatic carbocycles. The molecule has 5 rings (SSSR count). The summed E-state index contributed by atoms with van der Waals surface area (Å²) in [6.45, 7) is 0.0410. The number of esters is 1.